The third kappa shape index (κ3) is 4.20. The number of hydrogen-bond donors (Lipinski definition) is 1. The molecule has 7 heteroatoms. The molecule has 1 aromatic carbocycles. The van der Waals surface area contributed by atoms with Gasteiger partial charge in [-0.1, -0.05) is 18.5 Å². The molecule has 0 saturated carbocycles. The van der Waals surface area contributed by atoms with Crippen molar-refractivity contribution in [1.29, 1.82) is 0 Å². The van der Waals surface area contributed by atoms with Gasteiger partial charge in [-0.15, -0.1) is 0 Å². The highest BCUT2D eigenvalue weighted by Gasteiger charge is 2.30. The Morgan fingerprint density at radius 3 is 2.62 bits per heavy atom. The standard InChI is InChI=1S/C14H20BrClN2O2S/c1-2-17-10-11-5-7-18(8-6-11)21(19,20)14-4-3-12(16)9-13(14)15/h3-4,9,11,17H,2,5-8,10H2,1H3. The van der Waals surface area contributed by atoms with Crippen molar-refractivity contribution < 1.29 is 8.42 Å². The van der Waals surface area contributed by atoms with Gasteiger partial charge in [-0.3, -0.25) is 0 Å². The molecule has 0 radical (unpaired) electrons. The maximum atomic E-state index is 12.7. The molecule has 0 atom stereocenters. The van der Waals surface area contributed by atoms with E-state index in [1.165, 1.54) is 0 Å². The lowest BCUT2D eigenvalue weighted by molar-refractivity contribution is 0.268. The number of sulfonamides is 1. The zero-order valence-electron chi connectivity index (χ0n) is 12.0. The van der Waals surface area contributed by atoms with Gasteiger partial charge in [0.2, 0.25) is 10.0 Å². The predicted molar refractivity (Wildman–Crippen MR) is 89.2 cm³/mol. The van der Waals surface area contributed by atoms with Crippen LogP contribution in [0, 0.1) is 5.92 Å². The number of hydrogen-bond acceptors (Lipinski definition) is 3. The summed E-state index contributed by atoms with van der Waals surface area (Å²) in [5, 5.41) is 3.85. The van der Waals surface area contributed by atoms with Crippen molar-refractivity contribution in [2.45, 2.75) is 24.7 Å². The first kappa shape index (κ1) is 17.2. The Morgan fingerprint density at radius 1 is 1.38 bits per heavy atom. The SMILES string of the molecule is CCNCC1CCN(S(=O)(=O)c2ccc(Cl)cc2Br)CC1. The van der Waals surface area contributed by atoms with E-state index < -0.39 is 10.0 Å². The first-order chi connectivity index (χ1) is 9.95. The van der Waals surface area contributed by atoms with Crippen molar-refractivity contribution in [3.8, 4) is 0 Å². The minimum atomic E-state index is -3.45. The molecular weight excluding hydrogens is 376 g/mol. The molecule has 21 heavy (non-hydrogen) atoms. The summed E-state index contributed by atoms with van der Waals surface area (Å²) in [6.45, 7) is 5.16. The molecule has 1 aliphatic rings. The molecule has 1 fully saturated rings. The van der Waals surface area contributed by atoms with E-state index in [9.17, 15) is 8.42 Å². The summed E-state index contributed by atoms with van der Waals surface area (Å²) in [5.74, 6) is 0.560. The van der Waals surface area contributed by atoms with Crippen LogP contribution in [-0.2, 0) is 10.0 Å². The second kappa shape index (κ2) is 7.42. The minimum Gasteiger partial charge on any atom is -0.317 e. The summed E-state index contributed by atoms with van der Waals surface area (Å²) in [4.78, 5) is 0.289. The van der Waals surface area contributed by atoms with E-state index in [-0.39, 0.29) is 4.90 Å². The van der Waals surface area contributed by atoms with E-state index in [1.54, 1.807) is 22.5 Å². The molecule has 0 aromatic heterocycles. The van der Waals surface area contributed by atoms with Gasteiger partial charge in [0.1, 0.15) is 0 Å². The highest BCUT2D eigenvalue weighted by atomic mass is 79.9. The average Bonchev–Trinajstić information content (AvgIpc) is 2.45. The fourth-order valence-electron chi connectivity index (χ4n) is 2.53. The Hall–Kier alpha value is -0.140. The Labute approximate surface area is 140 Å². The van der Waals surface area contributed by atoms with E-state index in [4.69, 9.17) is 11.6 Å². The molecule has 4 nitrogen and oxygen atoms in total. The van der Waals surface area contributed by atoms with Crippen LogP contribution in [0.1, 0.15) is 19.8 Å². The van der Waals surface area contributed by atoms with E-state index in [1.807, 2.05) is 0 Å². The first-order valence-corrected chi connectivity index (χ1v) is 9.72. The van der Waals surface area contributed by atoms with E-state index in [2.05, 4.69) is 28.2 Å². The van der Waals surface area contributed by atoms with Crippen molar-refractivity contribution in [3.63, 3.8) is 0 Å². The maximum absolute atomic E-state index is 12.7. The third-order valence-electron chi connectivity index (χ3n) is 3.77. The Morgan fingerprint density at radius 2 is 2.05 bits per heavy atom. The van der Waals surface area contributed by atoms with Crippen molar-refractivity contribution in [3.05, 3.63) is 27.7 Å². The fourth-order valence-corrected chi connectivity index (χ4v) is 5.34. The van der Waals surface area contributed by atoms with Crippen LogP contribution < -0.4 is 5.32 Å². The number of rotatable bonds is 5. The van der Waals surface area contributed by atoms with Gasteiger partial charge < -0.3 is 5.32 Å². The molecule has 1 aromatic rings. The molecular formula is C14H20BrClN2O2S. The lowest BCUT2D eigenvalue weighted by atomic mass is 9.98. The summed E-state index contributed by atoms with van der Waals surface area (Å²) in [6.07, 6.45) is 1.80. The van der Waals surface area contributed by atoms with E-state index >= 15 is 0 Å². The van der Waals surface area contributed by atoms with Gasteiger partial charge in [0.25, 0.3) is 0 Å². The summed E-state index contributed by atoms with van der Waals surface area (Å²) in [7, 11) is -3.45. The number of benzene rings is 1. The van der Waals surface area contributed by atoms with Gasteiger partial charge in [0.05, 0.1) is 4.90 Å². The van der Waals surface area contributed by atoms with Crippen LogP contribution in [0.3, 0.4) is 0 Å². The quantitative estimate of drug-likeness (QED) is 0.833. The molecule has 1 aliphatic heterocycles. The lowest BCUT2D eigenvalue weighted by Gasteiger charge is -2.31. The molecule has 1 saturated heterocycles. The second-order valence-corrected chi connectivity index (χ2v) is 8.43. The molecule has 0 spiro atoms. The third-order valence-corrected chi connectivity index (χ3v) is 6.88. The van der Waals surface area contributed by atoms with Crippen molar-refractivity contribution in [1.82, 2.24) is 9.62 Å². The maximum Gasteiger partial charge on any atom is 0.244 e. The van der Waals surface area contributed by atoms with Crippen LogP contribution in [0.25, 0.3) is 0 Å². The summed E-state index contributed by atoms with van der Waals surface area (Å²) >= 11 is 9.17. The van der Waals surface area contributed by atoms with Crippen LogP contribution in [0.2, 0.25) is 5.02 Å². The predicted octanol–water partition coefficient (Wildman–Crippen LogP) is 3.11. The summed E-state index contributed by atoms with van der Waals surface area (Å²) in [5.41, 5.74) is 0. The van der Waals surface area contributed by atoms with Gasteiger partial charge in [0.15, 0.2) is 0 Å². The molecule has 0 aliphatic carbocycles. The van der Waals surface area contributed by atoms with Gasteiger partial charge in [0, 0.05) is 22.6 Å². The zero-order valence-corrected chi connectivity index (χ0v) is 15.1. The number of nitrogens with zero attached hydrogens (tertiary/aromatic N) is 1. The normalized spacial score (nSPS) is 18.0. The Balaban J connectivity index is 2.08. The minimum absolute atomic E-state index is 0.289. The average molecular weight is 396 g/mol. The first-order valence-electron chi connectivity index (χ1n) is 7.11. The van der Waals surface area contributed by atoms with Gasteiger partial charge in [-0.2, -0.15) is 4.31 Å². The van der Waals surface area contributed by atoms with Crippen LogP contribution in [0.5, 0.6) is 0 Å². The molecule has 118 valence electrons. The van der Waals surface area contributed by atoms with Crippen LogP contribution >= 0.6 is 27.5 Å². The smallest absolute Gasteiger partial charge is 0.244 e. The van der Waals surface area contributed by atoms with Gasteiger partial charge in [-0.25, -0.2) is 8.42 Å². The lowest BCUT2D eigenvalue weighted by Crippen LogP contribution is -2.40. The zero-order chi connectivity index (χ0) is 15.5. The summed E-state index contributed by atoms with van der Waals surface area (Å²) in [6, 6.07) is 4.79. The van der Waals surface area contributed by atoms with Crippen molar-refractivity contribution >= 4 is 37.6 Å². The van der Waals surface area contributed by atoms with Gasteiger partial charge in [-0.05, 0) is 66.0 Å². The Bertz CT molecular complexity index is 587. The van der Waals surface area contributed by atoms with Crippen LogP contribution in [0.4, 0.5) is 0 Å². The van der Waals surface area contributed by atoms with Gasteiger partial charge >= 0.3 is 0 Å². The number of halogens is 2. The highest BCUT2D eigenvalue weighted by molar-refractivity contribution is 9.10. The molecule has 0 bridgehead atoms. The molecule has 1 heterocycles. The van der Waals surface area contributed by atoms with Crippen LogP contribution in [0.15, 0.2) is 27.6 Å². The van der Waals surface area contributed by atoms with Crippen molar-refractivity contribution in [2.24, 2.45) is 5.92 Å². The largest absolute Gasteiger partial charge is 0.317 e. The molecule has 1 N–H and O–H groups in total. The number of piperidine rings is 1. The topological polar surface area (TPSA) is 49.4 Å². The van der Waals surface area contributed by atoms with E-state index in [0.717, 1.165) is 25.9 Å². The molecule has 2 rings (SSSR count). The van der Waals surface area contributed by atoms with E-state index in [0.29, 0.717) is 28.5 Å². The van der Waals surface area contributed by atoms with Crippen LogP contribution in [-0.4, -0.2) is 38.9 Å². The summed E-state index contributed by atoms with van der Waals surface area (Å²) < 4.78 is 27.4. The number of nitrogens with one attached hydrogen (secondary N) is 1. The second-order valence-electron chi connectivity index (χ2n) is 5.23. The Kier molecular flexibility index (Phi) is 6.08. The van der Waals surface area contributed by atoms with Crippen molar-refractivity contribution in [2.75, 3.05) is 26.2 Å². The fraction of sp³-hybridized carbons (Fsp3) is 0.571. The monoisotopic (exact) mass is 394 g/mol. The molecule has 0 amide bonds. The molecule has 0 unspecified atom stereocenters. The highest BCUT2D eigenvalue weighted by Crippen LogP contribution is 2.30.